The number of nitrogens with zero attached hydrogens (tertiary/aromatic N) is 1. The molecule has 0 aliphatic carbocycles. The fraction of sp³-hybridized carbons (Fsp3) is 0.0588. The smallest absolute Gasteiger partial charge is 0.325 e. The van der Waals surface area contributed by atoms with Crippen molar-refractivity contribution in [3.05, 3.63) is 59.6 Å². The summed E-state index contributed by atoms with van der Waals surface area (Å²) in [5.74, 6) is -1.25. The number of benzene rings is 2. The zero-order valence-corrected chi connectivity index (χ0v) is 14.2. The number of halogens is 2. The molecule has 9 heteroatoms. The molecule has 2 N–H and O–H groups in total. The molecule has 0 fully saturated rings. The third-order valence-corrected chi connectivity index (χ3v) is 3.80. The van der Waals surface area contributed by atoms with Gasteiger partial charge >= 0.3 is 6.03 Å². The van der Waals surface area contributed by atoms with Crippen molar-refractivity contribution in [1.29, 1.82) is 0 Å². The summed E-state index contributed by atoms with van der Waals surface area (Å²) in [5, 5.41) is 6.79. The van der Waals surface area contributed by atoms with Gasteiger partial charge in [0.2, 0.25) is 5.75 Å². The van der Waals surface area contributed by atoms with E-state index in [1.807, 2.05) is 0 Å². The molecule has 0 saturated heterocycles. The summed E-state index contributed by atoms with van der Waals surface area (Å²) in [5.41, 5.74) is 0.00772. The van der Waals surface area contributed by atoms with Crippen LogP contribution >= 0.6 is 11.3 Å². The van der Waals surface area contributed by atoms with Crippen molar-refractivity contribution in [2.24, 2.45) is 0 Å². The Morgan fingerprint density at radius 3 is 2.77 bits per heavy atom. The van der Waals surface area contributed by atoms with Gasteiger partial charge in [0.25, 0.3) is 0 Å². The second kappa shape index (κ2) is 7.79. The summed E-state index contributed by atoms with van der Waals surface area (Å²) in [7, 11) is 1.37. The molecule has 2 amide bonds. The monoisotopic (exact) mass is 376 g/mol. The summed E-state index contributed by atoms with van der Waals surface area (Å²) in [4.78, 5) is 15.8. The number of hydrogen-bond acceptors (Lipinski definition) is 5. The van der Waals surface area contributed by atoms with Crippen molar-refractivity contribution >= 4 is 28.2 Å². The average molecular weight is 376 g/mol. The van der Waals surface area contributed by atoms with Crippen LogP contribution in [0.1, 0.15) is 0 Å². The quantitative estimate of drug-likeness (QED) is 0.679. The molecule has 0 unspecified atom stereocenters. The van der Waals surface area contributed by atoms with E-state index in [9.17, 15) is 13.6 Å². The van der Waals surface area contributed by atoms with Crippen LogP contribution in [0.2, 0.25) is 0 Å². The highest BCUT2D eigenvalue weighted by Gasteiger charge is 2.16. The topological polar surface area (TPSA) is 72.5 Å². The molecule has 1 aromatic heterocycles. The molecule has 1 radical (unpaired) electrons. The van der Waals surface area contributed by atoms with Crippen molar-refractivity contribution in [2.75, 3.05) is 17.7 Å². The molecule has 0 aliphatic rings. The van der Waals surface area contributed by atoms with Crippen molar-refractivity contribution in [2.45, 2.75) is 0 Å². The highest BCUT2D eigenvalue weighted by Crippen LogP contribution is 2.37. The van der Waals surface area contributed by atoms with Gasteiger partial charge in [0, 0.05) is 11.4 Å². The second-order valence-corrected chi connectivity index (χ2v) is 5.73. The number of anilines is 2. The molecule has 3 aromatic rings. The Labute approximate surface area is 151 Å². The van der Waals surface area contributed by atoms with E-state index in [2.05, 4.69) is 21.8 Å². The Kier molecular flexibility index (Phi) is 5.28. The van der Waals surface area contributed by atoms with Gasteiger partial charge in [-0.25, -0.2) is 18.6 Å². The lowest BCUT2D eigenvalue weighted by Gasteiger charge is -2.15. The lowest BCUT2D eigenvalue weighted by molar-refractivity contribution is 0.262. The van der Waals surface area contributed by atoms with Gasteiger partial charge in [-0.2, -0.15) is 0 Å². The molecular weight excluding hydrogens is 364 g/mol. The fourth-order valence-corrected chi connectivity index (χ4v) is 2.52. The van der Waals surface area contributed by atoms with Crippen LogP contribution in [-0.2, 0) is 0 Å². The zero-order chi connectivity index (χ0) is 18.5. The normalized spacial score (nSPS) is 10.3. The number of methoxy groups -OCH3 is 1. The summed E-state index contributed by atoms with van der Waals surface area (Å²) >= 11 is 1.17. The van der Waals surface area contributed by atoms with Crippen LogP contribution in [0.4, 0.5) is 24.4 Å². The SMILES string of the molecule is COc1cccc(F)c1Oc1ccc(F)cc1NC(=O)Nc1n[c]cs1. The molecule has 0 aliphatic heterocycles. The molecule has 1 heterocycles. The number of urea groups is 1. The number of carbonyl (C=O) groups excluding carboxylic acids is 1. The summed E-state index contributed by atoms with van der Waals surface area (Å²) in [6, 6.07) is 6.96. The van der Waals surface area contributed by atoms with Crippen LogP contribution in [0.5, 0.6) is 17.2 Å². The number of para-hydroxylation sites is 1. The first kappa shape index (κ1) is 17.6. The van der Waals surface area contributed by atoms with Gasteiger partial charge in [0.1, 0.15) is 12.0 Å². The van der Waals surface area contributed by atoms with Crippen molar-refractivity contribution < 1.29 is 23.0 Å². The Morgan fingerprint density at radius 1 is 1.19 bits per heavy atom. The number of rotatable bonds is 5. The highest BCUT2D eigenvalue weighted by atomic mass is 32.1. The molecule has 3 rings (SSSR count). The molecule has 6 nitrogen and oxygen atoms in total. The van der Waals surface area contributed by atoms with E-state index in [1.54, 1.807) is 5.38 Å². The molecule has 133 valence electrons. The number of aromatic nitrogens is 1. The highest BCUT2D eigenvalue weighted by molar-refractivity contribution is 7.13. The Balaban J connectivity index is 1.85. The zero-order valence-electron chi connectivity index (χ0n) is 13.4. The number of nitrogens with one attached hydrogen (secondary N) is 2. The number of ether oxygens (including phenoxy) is 2. The predicted molar refractivity (Wildman–Crippen MR) is 93.0 cm³/mol. The first-order valence-corrected chi connectivity index (χ1v) is 8.14. The van der Waals surface area contributed by atoms with E-state index < -0.39 is 17.7 Å². The van der Waals surface area contributed by atoms with Crippen molar-refractivity contribution in [3.8, 4) is 17.2 Å². The average Bonchev–Trinajstić information content (AvgIpc) is 3.11. The van der Waals surface area contributed by atoms with Gasteiger partial charge < -0.3 is 14.8 Å². The number of thiazole rings is 1. The summed E-state index contributed by atoms with van der Waals surface area (Å²) in [6.45, 7) is 0. The van der Waals surface area contributed by atoms with Gasteiger partial charge in [0.15, 0.2) is 22.4 Å². The van der Waals surface area contributed by atoms with Crippen LogP contribution in [0.15, 0.2) is 41.8 Å². The van der Waals surface area contributed by atoms with Gasteiger partial charge in [0.05, 0.1) is 12.8 Å². The lowest BCUT2D eigenvalue weighted by atomic mass is 10.2. The minimum atomic E-state index is -0.664. The lowest BCUT2D eigenvalue weighted by Crippen LogP contribution is -2.19. The number of hydrogen-bond donors (Lipinski definition) is 2. The Morgan fingerprint density at radius 2 is 2.04 bits per heavy atom. The third-order valence-electron chi connectivity index (χ3n) is 3.16. The number of amides is 2. The van der Waals surface area contributed by atoms with Gasteiger partial charge in [-0.1, -0.05) is 6.07 Å². The Bertz CT molecular complexity index is 920. The van der Waals surface area contributed by atoms with E-state index >= 15 is 0 Å². The second-order valence-electron chi connectivity index (χ2n) is 4.87. The van der Waals surface area contributed by atoms with Gasteiger partial charge in [-0.3, -0.25) is 5.32 Å². The van der Waals surface area contributed by atoms with Crippen molar-refractivity contribution in [3.63, 3.8) is 0 Å². The van der Waals surface area contributed by atoms with E-state index in [0.717, 1.165) is 12.1 Å². The standard InChI is InChI=1S/C17H12F2N3O3S/c1-24-14-4-2-3-11(19)15(14)25-13-6-5-10(18)9-12(13)21-16(23)22-17-20-7-8-26-17/h2-6,8-9H,1H3,(H2,20,21,22,23). The van der Waals surface area contributed by atoms with E-state index in [1.165, 1.54) is 42.7 Å². The molecule has 0 bridgehead atoms. The third kappa shape index (κ3) is 4.06. The van der Waals surface area contributed by atoms with Crippen LogP contribution in [0.3, 0.4) is 0 Å². The molecule has 26 heavy (non-hydrogen) atoms. The van der Waals surface area contributed by atoms with Crippen LogP contribution < -0.4 is 20.1 Å². The maximum Gasteiger partial charge on any atom is 0.325 e. The fourth-order valence-electron chi connectivity index (χ4n) is 2.05. The summed E-state index contributed by atoms with van der Waals surface area (Å²) < 4.78 is 38.2. The molecule has 0 atom stereocenters. The largest absolute Gasteiger partial charge is 0.493 e. The summed E-state index contributed by atoms with van der Waals surface area (Å²) in [6.07, 6.45) is 2.56. The maximum absolute atomic E-state index is 14.1. The predicted octanol–water partition coefficient (Wildman–Crippen LogP) is 4.67. The van der Waals surface area contributed by atoms with Crippen LogP contribution in [0.25, 0.3) is 0 Å². The van der Waals surface area contributed by atoms with Gasteiger partial charge in [-0.05, 0) is 24.3 Å². The van der Waals surface area contributed by atoms with Crippen molar-refractivity contribution in [1.82, 2.24) is 4.98 Å². The van der Waals surface area contributed by atoms with E-state index in [4.69, 9.17) is 9.47 Å². The molecule has 0 spiro atoms. The van der Waals surface area contributed by atoms with Crippen LogP contribution in [0, 0.1) is 17.8 Å². The minimum Gasteiger partial charge on any atom is -0.493 e. The van der Waals surface area contributed by atoms with E-state index in [-0.39, 0.29) is 22.9 Å². The molecule has 0 saturated carbocycles. The number of carbonyl (C=O) groups is 1. The minimum absolute atomic E-state index is 0.00772. The first-order valence-electron chi connectivity index (χ1n) is 7.26. The van der Waals surface area contributed by atoms with E-state index in [0.29, 0.717) is 5.13 Å². The molecule has 2 aromatic carbocycles. The van der Waals surface area contributed by atoms with Crippen LogP contribution in [-0.4, -0.2) is 18.1 Å². The van der Waals surface area contributed by atoms with Gasteiger partial charge in [-0.15, -0.1) is 11.3 Å². The molecular formula is C17H12F2N3O3S. The maximum atomic E-state index is 14.1. The first-order chi connectivity index (χ1) is 12.6. The Hall–Kier alpha value is -3.20.